The van der Waals surface area contributed by atoms with E-state index >= 15 is 0 Å². The topological polar surface area (TPSA) is 79.0 Å². The first-order chi connectivity index (χ1) is 16.1. The molecule has 0 aromatic heterocycles. The highest BCUT2D eigenvalue weighted by Gasteiger charge is 2.34. The molecular formula is C25H29BrN4O3. The third-order valence-electron chi connectivity index (χ3n) is 6.44. The minimum Gasteiger partial charge on any atom is -0.261 e. The van der Waals surface area contributed by atoms with Crippen LogP contribution >= 0.6 is 15.9 Å². The predicted octanol–water partition coefficient (Wildman–Crippen LogP) is 7.16. The van der Waals surface area contributed by atoms with E-state index in [1.165, 1.54) is 44.2 Å². The van der Waals surface area contributed by atoms with E-state index in [4.69, 9.17) is 5.10 Å². The SMILES string of the molecule is O=C1N(c2ccc([N+](=O)[O-])cc2)c2ccccc2C(CBr)=NN1C1CCCCCCCCC1. The normalized spacial score (nSPS) is 18.3. The van der Waals surface area contributed by atoms with Crippen LogP contribution in [0.2, 0.25) is 0 Å². The molecule has 1 saturated carbocycles. The minimum atomic E-state index is -0.430. The van der Waals surface area contributed by atoms with Crippen LogP contribution in [0.5, 0.6) is 0 Å². The summed E-state index contributed by atoms with van der Waals surface area (Å²) in [5, 5.41) is 18.2. The maximum absolute atomic E-state index is 14.0. The molecule has 0 atom stereocenters. The Morgan fingerprint density at radius 2 is 1.55 bits per heavy atom. The van der Waals surface area contributed by atoms with Crippen LogP contribution < -0.4 is 4.90 Å². The number of nitro benzene ring substituents is 1. The highest BCUT2D eigenvalue weighted by Crippen LogP contribution is 2.36. The van der Waals surface area contributed by atoms with Crippen molar-refractivity contribution < 1.29 is 9.72 Å². The molecule has 0 radical (unpaired) electrons. The van der Waals surface area contributed by atoms with Crippen molar-refractivity contribution in [3.05, 3.63) is 64.2 Å². The third-order valence-corrected chi connectivity index (χ3v) is 6.97. The zero-order chi connectivity index (χ0) is 23.2. The number of amides is 2. The Morgan fingerprint density at radius 3 is 2.15 bits per heavy atom. The first-order valence-electron chi connectivity index (χ1n) is 11.7. The maximum atomic E-state index is 14.0. The summed E-state index contributed by atoms with van der Waals surface area (Å²) in [4.78, 5) is 26.4. The summed E-state index contributed by atoms with van der Waals surface area (Å²) < 4.78 is 0. The molecule has 2 amide bonds. The Balaban J connectivity index is 1.76. The van der Waals surface area contributed by atoms with Crippen LogP contribution in [0.4, 0.5) is 21.9 Å². The molecule has 0 saturated heterocycles. The van der Waals surface area contributed by atoms with E-state index < -0.39 is 4.92 Å². The number of carbonyl (C=O) groups excluding carboxylic acids is 1. The van der Waals surface area contributed by atoms with Gasteiger partial charge in [-0.15, -0.1) is 0 Å². The van der Waals surface area contributed by atoms with Crippen molar-refractivity contribution in [2.45, 2.75) is 63.8 Å². The quantitative estimate of drug-likeness (QED) is 0.247. The smallest absolute Gasteiger partial charge is 0.261 e. The first kappa shape index (κ1) is 23.4. The molecule has 1 heterocycles. The van der Waals surface area contributed by atoms with Crippen molar-refractivity contribution in [2.24, 2.45) is 5.10 Å². The lowest BCUT2D eigenvalue weighted by Gasteiger charge is -2.32. The largest absolute Gasteiger partial charge is 0.349 e. The van der Waals surface area contributed by atoms with Crippen molar-refractivity contribution in [2.75, 3.05) is 10.2 Å². The summed E-state index contributed by atoms with van der Waals surface area (Å²) in [5.41, 5.74) is 3.01. The van der Waals surface area contributed by atoms with Crippen molar-refractivity contribution in [3.63, 3.8) is 0 Å². The van der Waals surface area contributed by atoms with Crippen molar-refractivity contribution in [1.29, 1.82) is 0 Å². The number of benzene rings is 2. The second-order valence-corrected chi connectivity index (χ2v) is 9.20. The van der Waals surface area contributed by atoms with Crippen LogP contribution in [0.1, 0.15) is 63.4 Å². The van der Waals surface area contributed by atoms with Crippen LogP contribution in [0, 0.1) is 10.1 Å². The number of fused-ring (bicyclic) bond motifs is 1. The molecular weight excluding hydrogens is 484 g/mol. The number of nitro groups is 1. The number of hydrogen-bond acceptors (Lipinski definition) is 4. The second kappa shape index (κ2) is 10.9. The van der Waals surface area contributed by atoms with E-state index in [2.05, 4.69) is 15.9 Å². The van der Waals surface area contributed by atoms with Gasteiger partial charge in [-0.3, -0.25) is 15.0 Å². The number of nitrogens with zero attached hydrogens (tertiary/aromatic N) is 4. The van der Waals surface area contributed by atoms with E-state index in [9.17, 15) is 14.9 Å². The average Bonchev–Trinajstić information content (AvgIpc) is 2.96. The van der Waals surface area contributed by atoms with Crippen molar-refractivity contribution in [3.8, 4) is 0 Å². The zero-order valence-electron chi connectivity index (χ0n) is 18.7. The number of non-ortho nitro benzene ring substituents is 1. The second-order valence-electron chi connectivity index (χ2n) is 8.64. The van der Waals surface area contributed by atoms with Gasteiger partial charge in [0, 0.05) is 23.0 Å². The van der Waals surface area contributed by atoms with Gasteiger partial charge >= 0.3 is 6.03 Å². The Bertz CT molecular complexity index is 1010. The number of hydrogen-bond donors (Lipinski definition) is 0. The number of carbonyl (C=O) groups is 1. The van der Waals surface area contributed by atoms with Gasteiger partial charge in [0.2, 0.25) is 0 Å². The summed E-state index contributed by atoms with van der Waals surface area (Å²) in [6.07, 6.45) is 10.2. The van der Waals surface area contributed by atoms with E-state index in [0.717, 1.165) is 42.6 Å². The van der Waals surface area contributed by atoms with Gasteiger partial charge in [-0.2, -0.15) is 5.10 Å². The molecule has 4 rings (SSSR count). The number of urea groups is 1. The Morgan fingerprint density at radius 1 is 0.939 bits per heavy atom. The lowest BCUT2D eigenvalue weighted by Crippen LogP contribution is -2.43. The lowest BCUT2D eigenvalue weighted by atomic mass is 9.97. The molecule has 1 aliphatic heterocycles. The Labute approximate surface area is 202 Å². The van der Waals surface area contributed by atoms with Gasteiger partial charge in [-0.25, -0.2) is 9.80 Å². The first-order valence-corrected chi connectivity index (χ1v) is 12.8. The van der Waals surface area contributed by atoms with Gasteiger partial charge in [0.25, 0.3) is 5.69 Å². The number of hydrazone groups is 1. The maximum Gasteiger partial charge on any atom is 0.349 e. The van der Waals surface area contributed by atoms with Crippen LogP contribution in [0.15, 0.2) is 53.6 Å². The molecule has 2 aliphatic rings. The number of alkyl halides is 1. The number of rotatable bonds is 4. The number of halogens is 1. The Hall–Kier alpha value is -2.74. The standard InChI is InChI=1S/C25H29BrN4O3/c26-18-23-22-12-8-9-13-24(22)28(19-14-16-21(17-15-19)30(32)33)25(31)29(27-23)20-10-6-4-2-1-3-5-7-11-20/h8-9,12-17,20H,1-7,10-11,18H2. The molecule has 33 heavy (non-hydrogen) atoms. The highest BCUT2D eigenvalue weighted by molar-refractivity contribution is 9.09. The predicted molar refractivity (Wildman–Crippen MR) is 135 cm³/mol. The summed E-state index contributed by atoms with van der Waals surface area (Å²) >= 11 is 3.58. The molecule has 7 nitrogen and oxygen atoms in total. The summed E-state index contributed by atoms with van der Waals surface area (Å²) in [6.45, 7) is 0. The molecule has 0 N–H and O–H groups in total. The minimum absolute atomic E-state index is 0.00380. The third kappa shape index (κ3) is 5.27. The van der Waals surface area contributed by atoms with Crippen LogP contribution in [-0.2, 0) is 0 Å². The van der Waals surface area contributed by atoms with E-state index in [1.54, 1.807) is 22.0 Å². The lowest BCUT2D eigenvalue weighted by molar-refractivity contribution is -0.384. The van der Waals surface area contributed by atoms with Gasteiger partial charge in [0.15, 0.2) is 0 Å². The van der Waals surface area contributed by atoms with Gasteiger partial charge in [0.05, 0.1) is 28.1 Å². The fourth-order valence-corrected chi connectivity index (χ4v) is 5.10. The van der Waals surface area contributed by atoms with E-state index in [0.29, 0.717) is 11.0 Å². The van der Waals surface area contributed by atoms with Crippen molar-refractivity contribution >= 4 is 44.7 Å². The molecule has 0 spiro atoms. The molecule has 8 heteroatoms. The van der Waals surface area contributed by atoms with Crippen LogP contribution in [0.25, 0.3) is 0 Å². The molecule has 0 bridgehead atoms. The van der Waals surface area contributed by atoms with Crippen molar-refractivity contribution in [1.82, 2.24) is 5.01 Å². The molecule has 2 aromatic rings. The molecule has 2 aromatic carbocycles. The zero-order valence-corrected chi connectivity index (χ0v) is 20.2. The molecule has 1 fully saturated rings. The summed E-state index contributed by atoms with van der Waals surface area (Å²) in [6, 6.07) is 13.7. The fraction of sp³-hybridized carbons (Fsp3) is 0.440. The number of para-hydroxylation sites is 1. The molecule has 0 unspecified atom stereocenters. The molecule has 174 valence electrons. The van der Waals surface area contributed by atoms with Gasteiger partial charge in [-0.05, 0) is 31.0 Å². The van der Waals surface area contributed by atoms with Gasteiger partial charge in [0.1, 0.15) is 0 Å². The summed E-state index contributed by atoms with van der Waals surface area (Å²) in [7, 11) is 0. The average molecular weight is 513 g/mol. The van der Waals surface area contributed by atoms with E-state index in [-0.39, 0.29) is 17.8 Å². The van der Waals surface area contributed by atoms with Crippen LogP contribution in [-0.4, -0.2) is 33.0 Å². The fourth-order valence-electron chi connectivity index (χ4n) is 4.69. The number of anilines is 2. The molecule has 1 aliphatic carbocycles. The highest BCUT2D eigenvalue weighted by atomic mass is 79.9. The Kier molecular flexibility index (Phi) is 7.75. The van der Waals surface area contributed by atoms with Gasteiger partial charge in [-0.1, -0.05) is 79.1 Å². The van der Waals surface area contributed by atoms with Crippen LogP contribution in [0.3, 0.4) is 0 Å². The summed E-state index contributed by atoms with van der Waals surface area (Å²) in [5.74, 6) is 0. The van der Waals surface area contributed by atoms with Gasteiger partial charge < -0.3 is 0 Å². The van der Waals surface area contributed by atoms with E-state index in [1.807, 2.05) is 24.3 Å². The monoisotopic (exact) mass is 512 g/mol.